The Morgan fingerprint density at radius 2 is 1.82 bits per heavy atom. The van der Waals surface area contributed by atoms with Crippen LogP contribution in [0.25, 0.3) is 0 Å². The molecule has 0 aromatic carbocycles. The van der Waals surface area contributed by atoms with Gasteiger partial charge >= 0.3 is 6.18 Å². The van der Waals surface area contributed by atoms with Gasteiger partial charge < -0.3 is 10.6 Å². The second kappa shape index (κ2) is 6.23. The Balaban J connectivity index is 2.13. The van der Waals surface area contributed by atoms with Crippen LogP contribution in [0.4, 0.5) is 13.2 Å². The highest BCUT2D eigenvalue weighted by atomic mass is 19.4. The third-order valence-corrected chi connectivity index (χ3v) is 3.22. The Morgan fingerprint density at radius 1 is 1.24 bits per heavy atom. The number of piperidine rings is 1. The third kappa shape index (κ3) is 5.39. The van der Waals surface area contributed by atoms with Gasteiger partial charge in [0.1, 0.15) is 0 Å². The van der Waals surface area contributed by atoms with Crippen LogP contribution in [0.5, 0.6) is 0 Å². The van der Waals surface area contributed by atoms with Gasteiger partial charge in [0.15, 0.2) is 0 Å². The summed E-state index contributed by atoms with van der Waals surface area (Å²) in [7, 11) is 0. The molecular weight excluding hydrogens is 231 g/mol. The van der Waals surface area contributed by atoms with Crippen molar-refractivity contribution in [1.82, 2.24) is 4.90 Å². The van der Waals surface area contributed by atoms with Crippen LogP contribution in [0.3, 0.4) is 0 Å². The first-order valence-corrected chi connectivity index (χ1v) is 6.01. The van der Waals surface area contributed by atoms with Crippen molar-refractivity contribution in [3.8, 4) is 0 Å². The molecule has 0 aliphatic carbocycles. The molecule has 0 unspecified atom stereocenters. The zero-order valence-corrected chi connectivity index (χ0v) is 9.89. The van der Waals surface area contributed by atoms with E-state index in [0.29, 0.717) is 19.5 Å². The topological polar surface area (TPSA) is 53.1 Å². The average molecular weight is 251 g/mol. The first-order chi connectivity index (χ1) is 7.89. The van der Waals surface area contributed by atoms with Crippen LogP contribution in [0.1, 0.15) is 32.1 Å². The fraction of sp³-hybridized carbons (Fsp3) is 0.909. The van der Waals surface area contributed by atoms with E-state index in [4.69, 9.17) is 11.1 Å². The lowest BCUT2D eigenvalue weighted by Crippen LogP contribution is -2.39. The van der Waals surface area contributed by atoms with Gasteiger partial charge in [-0.3, -0.25) is 5.41 Å². The fourth-order valence-corrected chi connectivity index (χ4v) is 2.13. The van der Waals surface area contributed by atoms with E-state index in [9.17, 15) is 13.2 Å². The van der Waals surface area contributed by atoms with Crippen LogP contribution >= 0.6 is 0 Å². The number of alkyl halides is 3. The van der Waals surface area contributed by atoms with Crippen LogP contribution in [-0.4, -0.2) is 36.5 Å². The highest BCUT2D eigenvalue weighted by Gasteiger charge is 2.40. The molecule has 17 heavy (non-hydrogen) atoms. The third-order valence-electron chi connectivity index (χ3n) is 3.22. The van der Waals surface area contributed by atoms with E-state index in [2.05, 4.69) is 4.90 Å². The minimum atomic E-state index is -4.03. The molecule has 1 aliphatic rings. The van der Waals surface area contributed by atoms with Gasteiger partial charge in [0.25, 0.3) is 0 Å². The number of unbranched alkanes of at least 4 members (excludes halogenated alkanes) is 1. The van der Waals surface area contributed by atoms with Gasteiger partial charge in [-0.25, -0.2) is 0 Å². The molecule has 1 saturated heterocycles. The lowest BCUT2D eigenvalue weighted by molar-refractivity contribution is -0.185. The second-order valence-electron chi connectivity index (χ2n) is 4.64. The van der Waals surface area contributed by atoms with Crippen LogP contribution in [0.2, 0.25) is 0 Å². The number of nitrogens with one attached hydrogen (secondary N) is 1. The maximum Gasteiger partial charge on any atom is 0.391 e. The van der Waals surface area contributed by atoms with Gasteiger partial charge in [-0.15, -0.1) is 0 Å². The average Bonchev–Trinajstić information content (AvgIpc) is 2.23. The number of hydrogen-bond donors (Lipinski definition) is 2. The van der Waals surface area contributed by atoms with Crippen molar-refractivity contribution in [3.63, 3.8) is 0 Å². The first-order valence-electron chi connectivity index (χ1n) is 6.01. The van der Waals surface area contributed by atoms with Gasteiger partial charge in [-0.2, -0.15) is 13.2 Å². The van der Waals surface area contributed by atoms with E-state index in [1.807, 2.05) is 0 Å². The standard InChI is InChI=1S/C11H20F3N3/c12-11(13,14)9-4-7-17(8-5-9)6-2-1-3-10(15)16/h9H,1-8H2,(H3,15,16). The molecule has 1 heterocycles. The van der Waals surface area contributed by atoms with Crippen molar-refractivity contribution in [3.05, 3.63) is 0 Å². The Morgan fingerprint density at radius 3 is 2.29 bits per heavy atom. The Labute approximate surface area is 99.7 Å². The van der Waals surface area contributed by atoms with Gasteiger partial charge in [-0.1, -0.05) is 0 Å². The summed E-state index contributed by atoms with van der Waals surface area (Å²) in [5, 5.41) is 7.05. The van der Waals surface area contributed by atoms with Crippen LogP contribution in [-0.2, 0) is 0 Å². The van der Waals surface area contributed by atoms with Crippen molar-refractivity contribution in [2.24, 2.45) is 11.7 Å². The molecule has 0 bridgehead atoms. The number of likely N-dealkylation sites (tertiary alicyclic amines) is 1. The quantitative estimate of drug-likeness (QED) is 0.448. The van der Waals surface area contributed by atoms with Gasteiger partial charge in [0, 0.05) is 6.42 Å². The zero-order valence-electron chi connectivity index (χ0n) is 9.89. The van der Waals surface area contributed by atoms with E-state index in [0.717, 1.165) is 19.4 Å². The SMILES string of the molecule is N=C(N)CCCCN1CCC(C(F)(F)F)CC1. The van der Waals surface area contributed by atoms with Crippen LogP contribution < -0.4 is 5.73 Å². The molecule has 3 N–H and O–H groups in total. The van der Waals surface area contributed by atoms with Gasteiger partial charge in [0.2, 0.25) is 0 Å². The molecule has 1 fully saturated rings. The summed E-state index contributed by atoms with van der Waals surface area (Å²) in [5.74, 6) is -0.934. The molecule has 0 radical (unpaired) electrons. The molecule has 1 aliphatic heterocycles. The number of nitrogens with two attached hydrogens (primary N) is 1. The Kier molecular flexibility index (Phi) is 5.24. The fourth-order valence-electron chi connectivity index (χ4n) is 2.13. The summed E-state index contributed by atoms with van der Waals surface area (Å²) in [6, 6.07) is 0. The summed E-state index contributed by atoms with van der Waals surface area (Å²) >= 11 is 0. The lowest BCUT2D eigenvalue weighted by atomic mass is 9.96. The van der Waals surface area contributed by atoms with Crippen molar-refractivity contribution >= 4 is 5.84 Å². The van der Waals surface area contributed by atoms with E-state index in [1.165, 1.54) is 0 Å². The first kappa shape index (κ1) is 14.3. The van der Waals surface area contributed by atoms with Crippen molar-refractivity contribution in [2.75, 3.05) is 19.6 Å². The zero-order chi connectivity index (χ0) is 12.9. The lowest BCUT2D eigenvalue weighted by Gasteiger charge is -2.32. The maximum atomic E-state index is 12.4. The molecule has 0 amide bonds. The highest BCUT2D eigenvalue weighted by molar-refractivity contribution is 5.76. The summed E-state index contributed by atoms with van der Waals surface area (Å²) in [6.45, 7) is 1.88. The number of amidine groups is 1. The van der Waals surface area contributed by atoms with Crippen LogP contribution in [0, 0.1) is 11.3 Å². The molecular formula is C11H20F3N3. The summed E-state index contributed by atoms with van der Waals surface area (Å²) < 4.78 is 37.2. The van der Waals surface area contributed by atoms with Gasteiger partial charge in [-0.05, 0) is 45.3 Å². The molecule has 6 heteroatoms. The van der Waals surface area contributed by atoms with Crippen molar-refractivity contribution < 1.29 is 13.2 Å². The predicted molar refractivity (Wildman–Crippen MR) is 61.0 cm³/mol. The second-order valence-corrected chi connectivity index (χ2v) is 4.64. The molecule has 0 spiro atoms. The Hall–Kier alpha value is -0.780. The van der Waals surface area contributed by atoms with Crippen molar-refractivity contribution in [2.45, 2.75) is 38.3 Å². The number of rotatable bonds is 5. The minimum absolute atomic E-state index is 0.181. The molecule has 0 saturated carbocycles. The summed E-state index contributed by atoms with van der Waals surface area (Å²) in [5.41, 5.74) is 5.22. The number of halogens is 3. The van der Waals surface area contributed by atoms with E-state index < -0.39 is 12.1 Å². The van der Waals surface area contributed by atoms with Gasteiger partial charge in [0.05, 0.1) is 11.8 Å². The number of nitrogens with zero attached hydrogens (tertiary/aromatic N) is 1. The molecule has 0 aromatic rings. The monoisotopic (exact) mass is 251 g/mol. The molecule has 0 aromatic heterocycles. The summed E-state index contributed by atoms with van der Waals surface area (Å²) in [6.07, 6.45) is -1.27. The smallest absolute Gasteiger partial charge is 0.388 e. The molecule has 100 valence electrons. The predicted octanol–water partition coefficient (Wildman–Crippen LogP) is 2.37. The van der Waals surface area contributed by atoms with E-state index >= 15 is 0 Å². The molecule has 3 nitrogen and oxygen atoms in total. The highest BCUT2D eigenvalue weighted by Crippen LogP contribution is 2.34. The van der Waals surface area contributed by atoms with Crippen molar-refractivity contribution in [1.29, 1.82) is 5.41 Å². The maximum absolute atomic E-state index is 12.4. The Bertz CT molecular complexity index is 245. The molecule has 1 rings (SSSR count). The summed E-state index contributed by atoms with van der Waals surface area (Å²) in [4.78, 5) is 2.07. The number of hydrogen-bond acceptors (Lipinski definition) is 2. The largest absolute Gasteiger partial charge is 0.391 e. The van der Waals surface area contributed by atoms with E-state index in [-0.39, 0.29) is 18.7 Å². The van der Waals surface area contributed by atoms with E-state index in [1.54, 1.807) is 0 Å². The molecule has 0 atom stereocenters. The minimum Gasteiger partial charge on any atom is -0.388 e. The van der Waals surface area contributed by atoms with Crippen LogP contribution in [0.15, 0.2) is 0 Å². The normalized spacial score (nSPS) is 19.5.